The van der Waals surface area contributed by atoms with Crippen molar-refractivity contribution in [1.29, 1.82) is 0 Å². The van der Waals surface area contributed by atoms with Crippen LogP contribution < -0.4 is 15.1 Å². The monoisotopic (exact) mass is 247 g/mol. The van der Waals surface area contributed by atoms with E-state index in [2.05, 4.69) is 5.32 Å². The first-order chi connectivity index (χ1) is 8.49. The van der Waals surface area contributed by atoms with E-state index >= 15 is 0 Å². The number of benzene rings is 1. The Balaban J connectivity index is 2.28. The van der Waals surface area contributed by atoms with Gasteiger partial charge < -0.3 is 4.90 Å². The number of nitrogens with one attached hydrogen (secondary N) is 1. The number of urea groups is 1. The SMILES string of the molecule is CN(C)c1ccc(N2C(=O)CC(=O)NC2=O)cc1. The Kier molecular flexibility index (Phi) is 3.01. The fourth-order valence-electron chi connectivity index (χ4n) is 1.71. The number of carbonyl (C=O) groups excluding carboxylic acids is 3. The summed E-state index contributed by atoms with van der Waals surface area (Å²) < 4.78 is 0. The van der Waals surface area contributed by atoms with Crippen molar-refractivity contribution in [3.05, 3.63) is 24.3 Å². The van der Waals surface area contributed by atoms with Gasteiger partial charge in [-0.05, 0) is 24.3 Å². The zero-order chi connectivity index (χ0) is 13.3. The third kappa shape index (κ3) is 2.17. The lowest BCUT2D eigenvalue weighted by Gasteiger charge is -2.25. The fourth-order valence-corrected chi connectivity index (χ4v) is 1.71. The molecule has 0 unspecified atom stereocenters. The van der Waals surface area contributed by atoms with Gasteiger partial charge in [-0.3, -0.25) is 14.9 Å². The van der Waals surface area contributed by atoms with E-state index in [1.807, 2.05) is 19.0 Å². The van der Waals surface area contributed by atoms with E-state index in [9.17, 15) is 14.4 Å². The molecule has 4 amide bonds. The molecule has 6 heteroatoms. The highest BCUT2D eigenvalue weighted by atomic mass is 16.2. The summed E-state index contributed by atoms with van der Waals surface area (Å²) in [6, 6.07) is 6.23. The predicted octanol–water partition coefficient (Wildman–Crippen LogP) is 0.726. The quantitative estimate of drug-likeness (QED) is 0.782. The Morgan fingerprint density at radius 2 is 1.72 bits per heavy atom. The van der Waals surface area contributed by atoms with Crippen molar-refractivity contribution in [3.8, 4) is 0 Å². The van der Waals surface area contributed by atoms with Gasteiger partial charge in [0, 0.05) is 19.8 Å². The Morgan fingerprint density at radius 1 is 1.11 bits per heavy atom. The molecule has 18 heavy (non-hydrogen) atoms. The van der Waals surface area contributed by atoms with E-state index in [-0.39, 0.29) is 6.42 Å². The summed E-state index contributed by atoms with van der Waals surface area (Å²) in [5.41, 5.74) is 1.41. The van der Waals surface area contributed by atoms with Crippen LogP contribution in [0.3, 0.4) is 0 Å². The van der Waals surface area contributed by atoms with Crippen LogP contribution in [0.5, 0.6) is 0 Å². The molecule has 1 fully saturated rings. The molecule has 1 N–H and O–H groups in total. The van der Waals surface area contributed by atoms with Gasteiger partial charge in [-0.25, -0.2) is 9.69 Å². The van der Waals surface area contributed by atoms with Crippen LogP contribution in [0, 0.1) is 0 Å². The van der Waals surface area contributed by atoms with E-state index in [0.29, 0.717) is 5.69 Å². The number of rotatable bonds is 2. The lowest BCUT2D eigenvalue weighted by atomic mass is 10.2. The lowest BCUT2D eigenvalue weighted by molar-refractivity contribution is -0.128. The van der Waals surface area contributed by atoms with Crippen molar-refractivity contribution in [2.45, 2.75) is 6.42 Å². The van der Waals surface area contributed by atoms with Crippen LogP contribution in [0.1, 0.15) is 6.42 Å². The zero-order valence-corrected chi connectivity index (χ0v) is 10.1. The Bertz CT molecular complexity index is 488. The Morgan fingerprint density at radius 3 is 2.22 bits per heavy atom. The van der Waals surface area contributed by atoms with Crippen LogP contribution in [-0.2, 0) is 9.59 Å². The minimum Gasteiger partial charge on any atom is -0.378 e. The third-order valence-corrected chi connectivity index (χ3v) is 2.63. The maximum absolute atomic E-state index is 11.7. The summed E-state index contributed by atoms with van der Waals surface area (Å²) in [6.07, 6.45) is -0.304. The number of nitrogens with zero attached hydrogens (tertiary/aromatic N) is 2. The van der Waals surface area contributed by atoms with E-state index in [0.717, 1.165) is 10.6 Å². The van der Waals surface area contributed by atoms with E-state index < -0.39 is 17.8 Å². The molecular weight excluding hydrogens is 234 g/mol. The Hall–Kier alpha value is -2.37. The van der Waals surface area contributed by atoms with Crippen molar-refractivity contribution in [2.24, 2.45) is 0 Å². The molecule has 6 nitrogen and oxygen atoms in total. The highest BCUT2D eigenvalue weighted by Crippen LogP contribution is 2.21. The minimum absolute atomic E-state index is 0.304. The van der Waals surface area contributed by atoms with Crippen molar-refractivity contribution in [1.82, 2.24) is 5.32 Å². The molecule has 1 saturated heterocycles. The first-order valence-corrected chi connectivity index (χ1v) is 5.43. The van der Waals surface area contributed by atoms with Crippen LogP contribution in [0.25, 0.3) is 0 Å². The van der Waals surface area contributed by atoms with Crippen molar-refractivity contribution < 1.29 is 14.4 Å². The van der Waals surface area contributed by atoms with Crippen molar-refractivity contribution in [2.75, 3.05) is 23.9 Å². The topological polar surface area (TPSA) is 69.7 Å². The molecule has 0 aliphatic carbocycles. The molecule has 0 atom stereocenters. The summed E-state index contributed by atoms with van der Waals surface area (Å²) in [5, 5.41) is 2.11. The molecule has 1 aromatic rings. The summed E-state index contributed by atoms with van der Waals surface area (Å²) in [6.45, 7) is 0. The molecule has 1 aliphatic heterocycles. The highest BCUT2D eigenvalue weighted by molar-refractivity contribution is 6.26. The zero-order valence-electron chi connectivity index (χ0n) is 10.1. The number of amides is 4. The second-order valence-electron chi connectivity index (χ2n) is 4.17. The molecule has 0 spiro atoms. The van der Waals surface area contributed by atoms with Gasteiger partial charge in [0.05, 0.1) is 5.69 Å². The normalized spacial score (nSPS) is 15.7. The molecule has 1 aromatic carbocycles. The van der Waals surface area contributed by atoms with E-state index in [1.54, 1.807) is 24.3 Å². The van der Waals surface area contributed by atoms with Crippen LogP contribution >= 0.6 is 0 Å². The number of imide groups is 2. The number of anilines is 2. The highest BCUT2D eigenvalue weighted by Gasteiger charge is 2.31. The maximum Gasteiger partial charge on any atom is 0.335 e. The predicted molar refractivity (Wildman–Crippen MR) is 66.4 cm³/mol. The van der Waals surface area contributed by atoms with Gasteiger partial charge in [-0.15, -0.1) is 0 Å². The minimum atomic E-state index is -0.700. The van der Waals surface area contributed by atoms with Gasteiger partial charge in [0.1, 0.15) is 6.42 Å². The fraction of sp³-hybridized carbons (Fsp3) is 0.250. The van der Waals surface area contributed by atoms with Crippen molar-refractivity contribution in [3.63, 3.8) is 0 Å². The molecule has 0 saturated carbocycles. The Labute approximate surface area is 104 Å². The van der Waals surface area contributed by atoms with Gasteiger partial charge in [0.2, 0.25) is 11.8 Å². The van der Waals surface area contributed by atoms with Crippen LogP contribution in [0.2, 0.25) is 0 Å². The van der Waals surface area contributed by atoms with E-state index in [1.165, 1.54) is 0 Å². The first-order valence-electron chi connectivity index (χ1n) is 5.43. The summed E-state index contributed by atoms with van der Waals surface area (Å²) in [7, 11) is 3.79. The van der Waals surface area contributed by atoms with Gasteiger partial charge in [-0.1, -0.05) is 0 Å². The number of barbiturate groups is 1. The molecule has 1 aliphatic rings. The average molecular weight is 247 g/mol. The van der Waals surface area contributed by atoms with Crippen LogP contribution in [-0.4, -0.2) is 31.9 Å². The summed E-state index contributed by atoms with van der Waals surface area (Å²) in [5.74, 6) is -1.08. The summed E-state index contributed by atoms with van der Waals surface area (Å²) >= 11 is 0. The van der Waals surface area contributed by atoms with Gasteiger partial charge in [0.15, 0.2) is 0 Å². The van der Waals surface area contributed by atoms with Gasteiger partial charge in [-0.2, -0.15) is 0 Å². The van der Waals surface area contributed by atoms with Gasteiger partial charge in [0.25, 0.3) is 0 Å². The molecule has 0 bridgehead atoms. The number of hydrogen-bond acceptors (Lipinski definition) is 4. The smallest absolute Gasteiger partial charge is 0.335 e. The molecule has 2 rings (SSSR count). The molecule has 0 radical (unpaired) electrons. The second-order valence-corrected chi connectivity index (χ2v) is 4.17. The second kappa shape index (κ2) is 4.48. The lowest BCUT2D eigenvalue weighted by Crippen LogP contribution is -2.52. The number of hydrogen-bond donors (Lipinski definition) is 1. The molecule has 1 heterocycles. The molecule has 0 aromatic heterocycles. The van der Waals surface area contributed by atoms with Crippen LogP contribution in [0.4, 0.5) is 16.2 Å². The molecular formula is C12H13N3O3. The standard InChI is InChI=1S/C12H13N3O3/c1-14(2)8-3-5-9(6-4-8)15-11(17)7-10(16)13-12(15)18/h3-6H,7H2,1-2H3,(H,13,16,18). The van der Waals surface area contributed by atoms with Gasteiger partial charge >= 0.3 is 6.03 Å². The average Bonchev–Trinajstić information content (AvgIpc) is 2.28. The first kappa shape index (κ1) is 12.1. The number of carbonyl (C=O) groups is 3. The summed E-state index contributed by atoms with van der Waals surface area (Å²) in [4.78, 5) is 37.2. The van der Waals surface area contributed by atoms with Crippen LogP contribution in [0.15, 0.2) is 24.3 Å². The molecule has 94 valence electrons. The van der Waals surface area contributed by atoms with Crippen molar-refractivity contribution >= 4 is 29.2 Å². The third-order valence-electron chi connectivity index (χ3n) is 2.63. The maximum atomic E-state index is 11.7. The largest absolute Gasteiger partial charge is 0.378 e. The van der Waals surface area contributed by atoms with E-state index in [4.69, 9.17) is 0 Å².